The zero-order chi connectivity index (χ0) is 16.6. The Morgan fingerprint density at radius 2 is 1.65 bits per heavy atom. The molecule has 0 atom stereocenters. The van der Waals surface area contributed by atoms with Crippen molar-refractivity contribution in [2.24, 2.45) is 0 Å². The topological polar surface area (TPSA) is 77.8 Å². The second-order valence-corrected chi connectivity index (χ2v) is 6.75. The van der Waals surface area contributed by atoms with Gasteiger partial charge in [0, 0.05) is 36.0 Å². The van der Waals surface area contributed by atoms with Crippen LogP contribution < -0.4 is 0 Å². The van der Waals surface area contributed by atoms with Crippen molar-refractivity contribution in [3.8, 4) is 0 Å². The van der Waals surface area contributed by atoms with Gasteiger partial charge in [-0.05, 0) is 35.0 Å². The van der Waals surface area contributed by atoms with Gasteiger partial charge in [0.1, 0.15) is 0 Å². The molecule has 1 saturated heterocycles. The quantitative estimate of drug-likeness (QED) is 0.843. The fraction of sp³-hybridized carbons (Fsp3) is 0.294. The second-order valence-electron chi connectivity index (χ2n) is 5.84. The number of nitrogens with zero attached hydrogens (tertiary/aromatic N) is 1. The zero-order valence-corrected chi connectivity index (χ0v) is 13.9. The molecular weight excluding hydrogens is 362 g/mol. The number of hydrogen-bond donors (Lipinski definition) is 2. The molecule has 0 aliphatic carbocycles. The number of amides is 1. The first kappa shape index (κ1) is 16.0. The van der Waals surface area contributed by atoms with Gasteiger partial charge in [-0.25, -0.2) is 4.79 Å². The van der Waals surface area contributed by atoms with E-state index in [0.29, 0.717) is 5.56 Å². The molecule has 1 aliphatic heterocycles. The monoisotopic (exact) mass is 377 g/mol. The molecule has 1 fully saturated rings. The lowest BCUT2D eigenvalue weighted by Crippen LogP contribution is -2.50. The van der Waals surface area contributed by atoms with E-state index in [0.717, 1.165) is 15.2 Å². The third kappa shape index (κ3) is 3.09. The standard InChI is InChI=1S/C17H16BrNO4/c18-14-4-3-11-9-13(2-1-12(11)10-14)15(20)19-7-5-17(23,6-8-19)16(21)22/h1-4,9-10,23H,5-8H2,(H,21,22). The van der Waals surface area contributed by atoms with Crippen molar-refractivity contribution in [2.75, 3.05) is 13.1 Å². The predicted molar refractivity (Wildman–Crippen MR) is 89.4 cm³/mol. The predicted octanol–water partition coefficient (Wildman–Crippen LogP) is 2.65. The maximum absolute atomic E-state index is 12.6. The van der Waals surface area contributed by atoms with Gasteiger partial charge >= 0.3 is 5.97 Å². The van der Waals surface area contributed by atoms with Crippen LogP contribution in [0.3, 0.4) is 0 Å². The molecular formula is C17H16BrNO4. The normalized spacial score (nSPS) is 17.2. The number of aliphatic carboxylic acids is 1. The summed E-state index contributed by atoms with van der Waals surface area (Å²) in [6.07, 6.45) is 0.100. The van der Waals surface area contributed by atoms with Crippen molar-refractivity contribution in [2.45, 2.75) is 18.4 Å². The minimum absolute atomic E-state index is 0.0502. The minimum Gasteiger partial charge on any atom is -0.479 e. The number of carboxylic acid groups (broad SMARTS) is 1. The molecule has 2 aromatic carbocycles. The van der Waals surface area contributed by atoms with Gasteiger partial charge in [-0.3, -0.25) is 4.79 Å². The molecule has 23 heavy (non-hydrogen) atoms. The van der Waals surface area contributed by atoms with Crippen LogP contribution in [-0.4, -0.2) is 45.7 Å². The van der Waals surface area contributed by atoms with Gasteiger partial charge in [0.05, 0.1) is 0 Å². The summed E-state index contributed by atoms with van der Waals surface area (Å²) >= 11 is 3.42. The Balaban J connectivity index is 1.79. The van der Waals surface area contributed by atoms with Gasteiger partial charge < -0.3 is 15.1 Å². The van der Waals surface area contributed by atoms with Crippen LogP contribution in [0.2, 0.25) is 0 Å². The number of likely N-dealkylation sites (tertiary alicyclic amines) is 1. The van der Waals surface area contributed by atoms with E-state index in [1.807, 2.05) is 30.3 Å². The number of hydrogen-bond acceptors (Lipinski definition) is 3. The number of carbonyl (C=O) groups excluding carboxylic acids is 1. The maximum Gasteiger partial charge on any atom is 0.335 e. The average molecular weight is 378 g/mol. The Kier molecular flexibility index (Phi) is 4.12. The van der Waals surface area contributed by atoms with Crippen molar-refractivity contribution in [1.29, 1.82) is 0 Å². The van der Waals surface area contributed by atoms with Crippen molar-refractivity contribution in [3.05, 3.63) is 46.4 Å². The molecule has 3 rings (SSSR count). The Morgan fingerprint density at radius 1 is 1.04 bits per heavy atom. The molecule has 2 aromatic rings. The van der Waals surface area contributed by atoms with Crippen LogP contribution in [0.1, 0.15) is 23.2 Å². The van der Waals surface area contributed by atoms with Gasteiger partial charge in [-0.15, -0.1) is 0 Å². The van der Waals surface area contributed by atoms with Crippen LogP contribution in [0.15, 0.2) is 40.9 Å². The van der Waals surface area contributed by atoms with E-state index >= 15 is 0 Å². The highest BCUT2D eigenvalue weighted by atomic mass is 79.9. The van der Waals surface area contributed by atoms with Gasteiger partial charge in [-0.1, -0.05) is 28.1 Å². The summed E-state index contributed by atoms with van der Waals surface area (Å²) in [6, 6.07) is 11.3. The molecule has 6 heteroatoms. The number of aliphatic hydroxyl groups is 1. The van der Waals surface area contributed by atoms with Crippen LogP contribution >= 0.6 is 15.9 Å². The third-order valence-corrected chi connectivity index (χ3v) is 4.82. The lowest BCUT2D eigenvalue weighted by molar-refractivity contribution is -0.162. The summed E-state index contributed by atoms with van der Waals surface area (Å²) < 4.78 is 0.980. The molecule has 0 aromatic heterocycles. The van der Waals surface area contributed by atoms with Gasteiger partial charge in [0.25, 0.3) is 5.91 Å². The highest BCUT2D eigenvalue weighted by Gasteiger charge is 2.40. The molecule has 1 aliphatic rings. The molecule has 0 bridgehead atoms. The average Bonchev–Trinajstić information content (AvgIpc) is 2.54. The molecule has 0 spiro atoms. The molecule has 120 valence electrons. The van der Waals surface area contributed by atoms with E-state index in [1.54, 1.807) is 11.0 Å². The summed E-state index contributed by atoms with van der Waals surface area (Å²) in [6.45, 7) is 0.472. The van der Waals surface area contributed by atoms with Crippen LogP contribution in [0.5, 0.6) is 0 Å². The van der Waals surface area contributed by atoms with Gasteiger partial charge in [0.2, 0.25) is 0 Å². The van der Waals surface area contributed by atoms with Gasteiger partial charge in [-0.2, -0.15) is 0 Å². The number of benzene rings is 2. The van der Waals surface area contributed by atoms with Crippen LogP contribution in [0.4, 0.5) is 0 Å². The summed E-state index contributed by atoms with van der Waals surface area (Å²) in [5.41, 5.74) is -1.15. The fourth-order valence-corrected chi connectivity index (χ4v) is 3.20. The molecule has 1 heterocycles. The van der Waals surface area contributed by atoms with Crippen LogP contribution in [-0.2, 0) is 4.79 Å². The summed E-state index contributed by atoms with van der Waals surface area (Å²) in [5.74, 6) is -1.36. The number of halogens is 1. The lowest BCUT2D eigenvalue weighted by Gasteiger charge is -2.35. The number of rotatable bonds is 2. The maximum atomic E-state index is 12.6. The van der Waals surface area contributed by atoms with Crippen LogP contribution in [0.25, 0.3) is 10.8 Å². The van der Waals surface area contributed by atoms with E-state index < -0.39 is 11.6 Å². The highest BCUT2D eigenvalue weighted by molar-refractivity contribution is 9.10. The third-order valence-electron chi connectivity index (χ3n) is 4.33. The fourth-order valence-electron chi connectivity index (χ4n) is 2.83. The van der Waals surface area contributed by atoms with Crippen molar-refractivity contribution in [1.82, 2.24) is 4.90 Å². The first-order chi connectivity index (χ1) is 10.9. The zero-order valence-electron chi connectivity index (χ0n) is 12.3. The number of fused-ring (bicyclic) bond motifs is 1. The summed E-state index contributed by atoms with van der Waals surface area (Å²) in [7, 11) is 0. The molecule has 5 nitrogen and oxygen atoms in total. The Morgan fingerprint density at radius 3 is 2.30 bits per heavy atom. The molecule has 1 amide bonds. The first-order valence-corrected chi connectivity index (χ1v) is 8.13. The smallest absolute Gasteiger partial charge is 0.335 e. The van der Waals surface area contributed by atoms with Crippen LogP contribution in [0, 0.1) is 0 Å². The van der Waals surface area contributed by atoms with Gasteiger partial charge in [0.15, 0.2) is 5.60 Å². The van der Waals surface area contributed by atoms with E-state index in [2.05, 4.69) is 15.9 Å². The van der Waals surface area contributed by atoms with E-state index in [1.165, 1.54) is 0 Å². The molecule has 0 radical (unpaired) electrons. The Hall–Kier alpha value is -1.92. The van der Waals surface area contributed by atoms with Crippen molar-refractivity contribution < 1.29 is 19.8 Å². The molecule has 0 saturated carbocycles. The van der Waals surface area contributed by atoms with E-state index in [-0.39, 0.29) is 31.8 Å². The van der Waals surface area contributed by atoms with Crippen molar-refractivity contribution in [3.63, 3.8) is 0 Å². The second kappa shape index (κ2) is 5.94. The SMILES string of the molecule is O=C(c1ccc2cc(Br)ccc2c1)N1CCC(O)(C(=O)O)CC1. The number of carbonyl (C=O) groups is 2. The highest BCUT2D eigenvalue weighted by Crippen LogP contribution is 2.25. The first-order valence-electron chi connectivity index (χ1n) is 7.33. The molecule has 2 N–H and O–H groups in total. The van der Waals surface area contributed by atoms with Crippen molar-refractivity contribution >= 4 is 38.6 Å². The van der Waals surface area contributed by atoms with E-state index in [9.17, 15) is 14.7 Å². The number of carboxylic acids is 1. The lowest BCUT2D eigenvalue weighted by atomic mass is 9.91. The minimum atomic E-state index is -1.72. The molecule has 0 unspecified atom stereocenters. The van der Waals surface area contributed by atoms with E-state index in [4.69, 9.17) is 5.11 Å². The Labute approximate surface area is 141 Å². The largest absolute Gasteiger partial charge is 0.479 e. The summed E-state index contributed by atoms with van der Waals surface area (Å²) in [4.78, 5) is 25.2. The number of piperidine rings is 1. The Bertz CT molecular complexity index is 781. The summed E-state index contributed by atoms with van der Waals surface area (Å²) in [5, 5.41) is 21.0.